The molecule has 3 aromatic rings. The summed E-state index contributed by atoms with van der Waals surface area (Å²) in [7, 11) is 0. The minimum Gasteiger partial charge on any atom is -0.326 e. The number of benzene rings is 2. The third-order valence-electron chi connectivity index (χ3n) is 4.34. The van der Waals surface area contributed by atoms with Crippen molar-refractivity contribution in [3.63, 3.8) is 0 Å². The molecule has 0 saturated carbocycles. The number of hydrogen-bond acceptors (Lipinski definition) is 3. The Hall–Kier alpha value is -3.47. The van der Waals surface area contributed by atoms with E-state index in [4.69, 9.17) is 0 Å². The Morgan fingerprint density at radius 2 is 1.64 bits per heavy atom. The molecule has 0 spiro atoms. The van der Waals surface area contributed by atoms with E-state index in [0.29, 0.717) is 23.4 Å². The molecule has 0 radical (unpaired) electrons. The van der Waals surface area contributed by atoms with Crippen molar-refractivity contribution in [2.45, 2.75) is 26.2 Å². The molecule has 0 aliphatic heterocycles. The molecule has 3 rings (SSSR count). The van der Waals surface area contributed by atoms with Crippen molar-refractivity contribution in [1.29, 1.82) is 0 Å². The van der Waals surface area contributed by atoms with Gasteiger partial charge in [0.2, 0.25) is 5.91 Å². The van der Waals surface area contributed by atoms with E-state index in [1.54, 1.807) is 48.8 Å². The van der Waals surface area contributed by atoms with Gasteiger partial charge in [0.25, 0.3) is 5.91 Å². The van der Waals surface area contributed by atoms with Crippen LogP contribution in [-0.4, -0.2) is 16.8 Å². The summed E-state index contributed by atoms with van der Waals surface area (Å²) < 4.78 is 0. The fraction of sp³-hybridized carbons (Fsp3) is 0.174. The summed E-state index contributed by atoms with van der Waals surface area (Å²) in [6, 6.07) is 18.7. The topological polar surface area (TPSA) is 71.1 Å². The van der Waals surface area contributed by atoms with Gasteiger partial charge in [-0.2, -0.15) is 0 Å². The maximum absolute atomic E-state index is 12.4. The van der Waals surface area contributed by atoms with Gasteiger partial charge in [0, 0.05) is 35.8 Å². The second kappa shape index (κ2) is 9.46. The fourth-order valence-corrected chi connectivity index (χ4v) is 2.81. The van der Waals surface area contributed by atoms with Crippen LogP contribution < -0.4 is 10.6 Å². The first kappa shape index (κ1) is 19.3. The number of amides is 2. The Morgan fingerprint density at radius 1 is 0.893 bits per heavy atom. The molecule has 1 heterocycles. The molecule has 0 atom stereocenters. The number of nitrogens with zero attached hydrogens (tertiary/aromatic N) is 1. The van der Waals surface area contributed by atoms with Gasteiger partial charge in [-0.3, -0.25) is 14.6 Å². The number of pyridine rings is 1. The smallest absolute Gasteiger partial charge is 0.255 e. The maximum Gasteiger partial charge on any atom is 0.255 e. The number of aryl methyl sites for hydroxylation is 2. The fourth-order valence-electron chi connectivity index (χ4n) is 2.81. The number of carbonyl (C=O) groups excluding carboxylic acids is 2. The Bertz CT molecular complexity index is 938. The quantitative estimate of drug-likeness (QED) is 0.636. The first-order valence-corrected chi connectivity index (χ1v) is 9.27. The zero-order valence-corrected chi connectivity index (χ0v) is 15.8. The van der Waals surface area contributed by atoms with E-state index in [0.717, 1.165) is 12.8 Å². The predicted molar refractivity (Wildman–Crippen MR) is 111 cm³/mol. The van der Waals surface area contributed by atoms with Gasteiger partial charge in [-0.25, -0.2) is 0 Å². The predicted octanol–water partition coefficient (Wildman–Crippen LogP) is 4.60. The van der Waals surface area contributed by atoms with E-state index in [9.17, 15) is 9.59 Å². The van der Waals surface area contributed by atoms with E-state index in [1.807, 2.05) is 0 Å². The summed E-state index contributed by atoms with van der Waals surface area (Å²) in [5.41, 5.74) is 4.23. The molecule has 0 aliphatic rings. The van der Waals surface area contributed by atoms with Crippen molar-refractivity contribution in [1.82, 2.24) is 4.98 Å². The lowest BCUT2D eigenvalue weighted by molar-refractivity contribution is -0.116. The van der Waals surface area contributed by atoms with Crippen LogP contribution in [0.4, 0.5) is 11.4 Å². The highest BCUT2D eigenvalue weighted by atomic mass is 16.2. The van der Waals surface area contributed by atoms with Gasteiger partial charge in [-0.1, -0.05) is 35.9 Å². The van der Waals surface area contributed by atoms with E-state index in [1.165, 1.54) is 11.1 Å². The molecular formula is C23H23N3O2. The largest absolute Gasteiger partial charge is 0.326 e. The summed E-state index contributed by atoms with van der Waals surface area (Å²) in [6.45, 7) is 2.06. The average Bonchev–Trinajstić information content (AvgIpc) is 2.70. The van der Waals surface area contributed by atoms with Crippen LogP contribution >= 0.6 is 0 Å². The Kier molecular flexibility index (Phi) is 6.52. The lowest BCUT2D eigenvalue weighted by Gasteiger charge is -2.08. The van der Waals surface area contributed by atoms with Gasteiger partial charge in [0.15, 0.2) is 0 Å². The molecule has 142 valence electrons. The molecule has 0 bridgehead atoms. The van der Waals surface area contributed by atoms with Gasteiger partial charge in [-0.15, -0.1) is 0 Å². The summed E-state index contributed by atoms with van der Waals surface area (Å²) in [6.07, 6.45) is 5.30. The van der Waals surface area contributed by atoms with Crippen molar-refractivity contribution in [2.75, 3.05) is 10.6 Å². The molecule has 0 fully saturated rings. The normalized spacial score (nSPS) is 10.3. The SMILES string of the molecule is Cc1ccc(CCCC(=O)Nc2cccc(C(=O)Nc3ccncc3)c2)cc1. The summed E-state index contributed by atoms with van der Waals surface area (Å²) in [4.78, 5) is 28.5. The first-order chi connectivity index (χ1) is 13.6. The standard InChI is InChI=1S/C23H23N3O2/c1-17-8-10-18(11-9-17)4-2-7-22(27)25-21-6-3-5-19(16-21)23(28)26-20-12-14-24-15-13-20/h3,5-6,8-16H,2,4,7H2,1H3,(H,25,27)(H,24,26,28). The molecule has 5 nitrogen and oxygen atoms in total. The third kappa shape index (κ3) is 5.77. The van der Waals surface area contributed by atoms with Crippen molar-refractivity contribution < 1.29 is 9.59 Å². The number of hydrogen-bond donors (Lipinski definition) is 2. The second-order valence-corrected chi connectivity index (χ2v) is 6.66. The molecule has 0 aliphatic carbocycles. The molecule has 0 unspecified atom stereocenters. The van der Waals surface area contributed by atoms with Crippen molar-refractivity contribution in [2.24, 2.45) is 0 Å². The van der Waals surface area contributed by atoms with Crippen LogP contribution in [-0.2, 0) is 11.2 Å². The average molecular weight is 373 g/mol. The minimum atomic E-state index is -0.235. The number of rotatable bonds is 7. The van der Waals surface area contributed by atoms with Gasteiger partial charge < -0.3 is 10.6 Å². The number of nitrogens with one attached hydrogen (secondary N) is 2. The summed E-state index contributed by atoms with van der Waals surface area (Å²) >= 11 is 0. The van der Waals surface area contributed by atoms with Crippen LogP contribution in [0.5, 0.6) is 0 Å². The second-order valence-electron chi connectivity index (χ2n) is 6.66. The lowest BCUT2D eigenvalue weighted by Crippen LogP contribution is -2.14. The number of anilines is 2. The highest BCUT2D eigenvalue weighted by molar-refractivity contribution is 6.05. The Balaban J connectivity index is 1.51. The Morgan fingerprint density at radius 3 is 2.39 bits per heavy atom. The molecule has 2 aromatic carbocycles. The molecule has 0 saturated heterocycles. The van der Waals surface area contributed by atoms with Gasteiger partial charge in [-0.05, 0) is 55.7 Å². The number of carbonyl (C=O) groups is 2. The highest BCUT2D eigenvalue weighted by Gasteiger charge is 2.08. The Labute approximate surface area is 164 Å². The van der Waals surface area contributed by atoms with Crippen LogP contribution in [0.15, 0.2) is 73.1 Å². The lowest BCUT2D eigenvalue weighted by atomic mass is 10.1. The number of aromatic nitrogens is 1. The molecule has 2 N–H and O–H groups in total. The highest BCUT2D eigenvalue weighted by Crippen LogP contribution is 2.14. The molecule has 1 aromatic heterocycles. The minimum absolute atomic E-state index is 0.0567. The van der Waals surface area contributed by atoms with Crippen LogP contribution in [0.25, 0.3) is 0 Å². The summed E-state index contributed by atoms with van der Waals surface area (Å²) in [5.74, 6) is -0.291. The van der Waals surface area contributed by atoms with E-state index in [-0.39, 0.29) is 11.8 Å². The third-order valence-corrected chi connectivity index (χ3v) is 4.34. The molecular weight excluding hydrogens is 350 g/mol. The van der Waals surface area contributed by atoms with E-state index < -0.39 is 0 Å². The van der Waals surface area contributed by atoms with Crippen LogP contribution in [0.3, 0.4) is 0 Å². The van der Waals surface area contributed by atoms with E-state index in [2.05, 4.69) is 46.8 Å². The van der Waals surface area contributed by atoms with Crippen molar-refractivity contribution in [3.8, 4) is 0 Å². The zero-order chi connectivity index (χ0) is 19.8. The zero-order valence-electron chi connectivity index (χ0n) is 15.8. The molecule has 2 amide bonds. The van der Waals surface area contributed by atoms with Gasteiger partial charge in [0.1, 0.15) is 0 Å². The monoisotopic (exact) mass is 373 g/mol. The van der Waals surface area contributed by atoms with Crippen LogP contribution in [0, 0.1) is 6.92 Å². The van der Waals surface area contributed by atoms with Gasteiger partial charge in [0.05, 0.1) is 0 Å². The van der Waals surface area contributed by atoms with Crippen molar-refractivity contribution in [3.05, 3.63) is 89.7 Å². The van der Waals surface area contributed by atoms with Crippen molar-refractivity contribution >= 4 is 23.2 Å². The van der Waals surface area contributed by atoms with Gasteiger partial charge >= 0.3 is 0 Å². The summed E-state index contributed by atoms with van der Waals surface area (Å²) in [5, 5.41) is 5.67. The first-order valence-electron chi connectivity index (χ1n) is 9.27. The maximum atomic E-state index is 12.4. The van der Waals surface area contributed by atoms with Crippen LogP contribution in [0.2, 0.25) is 0 Å². The molecule has 5 heteroatoms. The van der Waals surface area contributed by atoms with E-state index >= 15 is 0 Å². The molecule has 28 heavy (non-hydrogen) atoms. The van der Waals surface area contributed by atoms with Crippen LogP contribution in [0.1, 0.15) is 34.3 Å².